The van der Waals surface area contributed by atoms with Crippen LogP contribution < -0.4 is 10.1 Å². The molecule has 7 nitrogen and oxygen atoms in total. The van der Waals surface area contributed by atoms with Gasteiger partial charge in [-0.05, 0) is 42.7 Å². The van der Waals surface area contributed by atoms with Gasteiger partial charge < -0.3 is 10.1 Å². The van der Waals surface area contributed by atoms with Gasteiger partial charge in [-0.25, -0.2) is 0 Å². The minimum absolute atomic E-state index is 0.179. The predicted octanol–water partition coefficient (Wildman–Crippen LogP) is 1.99. The third-order valence-electron chi connectivity index (χ3n) is 5.07. The third-order valence-corrected chi connectivity index (χ3v) is 7.00. The zero-order valence-corrected chi connectivity index (χ0v) is 17.8. The number of amides is 1. The lowest BCUT2D eigenvalue weighted by molar-refractivity contribution is -0.121. The molecule has 0 aliphatic carbocycles. The molecule has 1 aliphatic heterocycles. The van der Waals surface area contributed by atoms with Crippen molar-refractivity contribution in [3.05, 3.63) is 64.7 Å². The summed E-state index contributed by atoms with van der Waals surface area (Å²) in [6.45, 7) is 5.12. The maximum absolute atomic E-state index is 12.8. The van der Waals surface area contributed by atoms with E-state index < -0.39 is 10.2 Å². The van der Waals surface area contributed by atoms with Crippen molar-refractivity contribution in [3.8, 4) is 5.75 Å². The van der Waals surface area contributed by atoms with Crippen molar-refractivity contribution in [1.29, 1.82) is 0 Å². The van der Waals surface area contributed by atoms with Gasteiger partial charge in [-0.1, -0.05) is 35.9 Å². The first-order valence-corrected chi connectivity index (χ1v) is 10.9. The largest absolute Gasteiger partial charge is 0.497 e. The molecule has 2 aromatic rings. The van der Waals surface area contributed by atoms with E-state index in [4.69, 9.17) is 4.74 Å². The maximum atomic E-state index is 12.8. The molecule has 0 aromatic heterocycles. The van der Waals surface area contributed by atoms with E-state index in [2.05, 4.69) is 5.32 Å². The topological polar surface area (TPSA) is 79.0 Å². The second kappa shape index (κ2) is 8.94. The van der Waals surface area contributed by atoms with Crippen LogP contribution in [0.3, 0.4) is 0 Å². The fourth-order valence-electron chi connectivity index (χ4n) is 3.26. The van der Waals surface area contributed by atoms with E-state index >= 15 is 0 Å². The van der Waals surface area contributed by atoms with Crippen molar-refractivity contribution in [1.82, 2.24) is 13.9 Å². The standard InChI is InChI=1S/C21H27N3O4S/c1-16-4-5-17(2)19(12-16)14-23-10-11-24(29(23,26)27)15-21(25)22-13-18-6-8-20(28-3)9-7-18/h4-9,12H,10-11,13-15H2,1-3H3,(H,22,25). The molecule has 1 heterocycles. The van der Waals surface area contributed by atoms with Crippen LogP contribution in [0.25, 0.3) is 0 Å². The molecule has 0 atom stereocenters. The van der Waals surface area contributed by atoms with Crippen LogP contribution in [0.2, 0.25) is 0 Å². The van der Waals surface area contributed by atoms with Crippen LogP contribution in [-0.4, -0.2) is 49.7 Å². The van der Waals surface area contributed by atoms with Crippen LogP contribution in [-0.2, 0) is 28.1 Å². The van der Waals surface area contributed by atoms with Gasteiger partial charge in [-0.2, -0.15) is 17.0 Å². The third kappa shape index (κ3) is 5.14. The van der Waals surface area contributed by atoms with Crippen LogP contribution in [0.1, 0.15) is 22.3 Å². The highest BCUT2D eigenvalue weighted by Gasteiger charge is 2.37. The van der Waals surface area contributed by atoms with Crippen LogP contribution in [0.4, 0.5) is 0 Å². The molecule has 0 bridgehead atoms. The fraction of sp³-hybridized carbons (Fsp3) is 0.381. The molecule has 1 amide bonds. The molecule has 0 spiro atoms. The molecule has 3 rings (SSSR count). The molecule has 1 saturated heterocycles. The fourth-order valence-corrected chi connectivity index (χ4v) is 4.79. The summed E-state index contributed by atoms with van der Waals surface area (Å²) in [4.78, 5) is 12.3. The second-order valence-corrected chi connectivity index (χ2v) is 9.16. The van der Waals surface area contributed by atoms with Gasteiger partial charge in [0.05, 0.1) is 13.7 Å². The van der Waals surface area contributed by atoms with Gasteiger partial charge in [-0.3, -0.25) is 4.79 Å². The average molecular weight is 418 g/mol. The summed E-state index contributed by atoms with van der Waals surface area (Å²) in [5.74, 6) is 0.421. The molecule has 156 valence electrons. The number of nitrogens with one attached hydrogen (secondary N) is 1. The summed E-state index contributed by atoms with van der Waals surface area (Å²) >= 11 is 0. The van der Waals surface area contributed by atoms with Crippen molar-refractivity contribution >= 4 is 16.1 Å². The Morgan fingerprint density at radius 1 is 1.07 bits per heavy atom. The van der Waals surface area contributed by atoms with E-state index in [1.165, 1.54) is 8.61 Å². The number of hydrogen-bond acceptors (Lipinski definition) is 4. The van der Waals surface area contributed by atoms with Crippen molar-refractivity contribution in [2.45, 2.75) is 26.9 Å². The first kappa shape index (κ1) is 21.3. The quantitative estimate of drug-likeness (QED) is 0.747. The summed E-state index contributed by atoms with van der Waals surface area (Å²) in [7, 11) is -2.06. The molecule has 0 saturated carbocycles. The lowest BCUT2D eigenvalue weighted by atomic mass is 10.1. The monoisotopic (exact) mass is 417 g/mol. The van der Waals surface area contributed by atoms with E-state index in [0.717, 1.165) is 28.0 Å². The van der Waals surface area contributed by atoms with Crippen molar-refractivity contribution in [2.75, 3.05) is 26.7 Å². The lowest BCUT2D eigenvalue weighted by Crippen LogP contribution is -2.40. The Kier molecular flexibility index (Phi) is 6.56. The van der Waals surface area contributed by atoms with Crippen LogP contribution in [0.15, 0.2) is 42.5 Å². The molecule has 1 fully saturated rings. The number of carbonyl (C=O) groups excluding carboxylic acids is 1. The minimum atomic E-state index is -3.65. The second-order valence-electron chi connectivity index (χ2n) is 7.23. The molecule has 1 N–H and O–H groups in total. The van der Waals surface area contributed by atoms with Gasteiger partial charge >= 0.3 is 0 Å². The minimum Gasteiger partial charge on any atom is -0.497 e. The molecule has 1 aliphatic rings. The molecule has 2 aromatic carbocycles. The Balaban J connectivity index is 1.57. The van der Waals surface area contributed by atoms with E-state index in [-0.39, 0.29) is 12.5 Å². The molecular weight excluding hydrogens is 390 g/mol. The summed E-state index contributed by atoms with van der Waals surface area (Å²) in [6, 6.07) is 13.4. The molecule has 29 heavy (non-hydrogen) atoms. The van der Waals surface area contributed by atoms with Gasteiger partial charge in [0.25, 0.3) is 10.2 Å². The number of carbonyl (C=O) groups is 1. The number of benzene rings is 2. The zero-order chi connectivity index (χ0) is 21.0. The summed E-state index contributed by atoms with van der Waals surface area (Å²) < 4.78 is 33.4. The van der Waals surface area contributed by atoms with Gasteiger partial charge in [0, 0.05) is 26.2 Å². The number of nitrogens with zero attached hydrogens (tertiary/aromatic N) is 2. The van der Waals surface area contributed by atoms with Crippen molar-refractivity contribution < 1.29 is 17.9 Å². The Morgan fingerprint density at radius 2 is 1.76 bits per heavy atom. The van der Waals surface area contributed by atoms with Crippen LogP contribution >= 0.6 is 0 Å². The number of rotatable bonds is 7. The number of hydrogen-bond donors (Lipinski definition) is 1. The van der Waals surface area contributed by atoms with E-state index in [0.29, 0.717) is 26.2 Å². The highest BCUT2D eigenvalue weighted by atomic mass is 32.2. The Bertz CT molecular complexity index is 974. The predicted molar refractivity (Wildman–Crippen MR) is 112 cm³/mol. The Hall–Kier alpha value is -2.42. The number of ether oxygens (including phenoxy) is 1. The molecule has 0 radical (unpaired) electrons. The van der Waals surface area contributed by atoms with Crippen molar-refractivity contribution in [3.63, 3.8) is 0 Å². The number of methoxy groups -OCH3 is 1. The van der Waals surface area contributed by atoms with Gasteiger partial charge in [-0.15, -0.1) is 0 Å². The van der Waals surface area contributed by atoms with Crippen LogP contribution in [0.5, 0.6) is 5.75 Å². The lowest BCUT2D eigenvalue weighted by Gasteiger charge is -2.19. The molecule has 8 heteroatoms. The Morgan fingerprint density at radius 3 is 2.45 bits per heavy atom. The highest BCUT2D eigenvalue weighted by Crippen LogP contribution is 2.21. The molecule has 0 unspecified atom stereocenters. The van der Waals surface area contributed by atoms with Crippen LogP contribution in [0, 0.1) is 13.8 Å². The maximum Gasteiger partial charge on any atom is 0.282 e. The highest BCUT2D eigenvalue weighted by molar-refractivity contribution is 7.87. The summed E-state index contributed by atoms with van der Waals surface area (Å²) in [5, 5.41) is 2.78. The van der Waals surface area contributed by atoms with E-state index in [1.54, 1.807) is 7.11 Å². The van der Waals surface area contributed by atoms with E-state index in [1.807, 2.05) is 56.3 Å². The van der Waals surface area contributed by atoms with Crippen molar-refractivity contribution in [2.24, 2.45) is 0 Å². The summed E-state index contributed by atoms with van der Waals surface area (Å²) in [5.41, 5.74) is 4.05. The smallest absolute Gasteiger partial charge is 0.282 e. The molecular formula is C21H27N3O4S. The first-order chi connectivity index (χ1) is 13.8. The van der Waals surface area contributed by atoms with E-state index in [9.17, 15) is 13.2 Å². The average Bonchev–Trinajstić information content (AvgIpc) is 2.97. The number of aryl methyl sites for hydroxylation is 2. The van der Waals surface area contributed by atoms with Gasteiger partial charge in [0.1, 0.15) is 5.75 Å². The van der Waals surface area contributed by atoms with Gasteiger partial charge in [0.2, 0.25) is 5.91 Å². The first-order valence-electron chi connectivity index (χ1n) is 9.50. The van der Waals surface area contributed by atoms with Gasteiger partial charge in [0.15, 0.2) is 0 Å². The Labute approximate surface area is 172 Å². The normalized spacial score (nSPS) is 16.7. The SMILES string of the molecule is COc1ccc(CNC(=O)CN2CCN(Cc3cc(C)ccc3C)S2(=O)=O)cc1. The zero-order valence-electron chi connectivity index (χ0n) is 17.0. The summed E-state index contributed by atoms with van der Waals surface area (Å²) in [6.07, 6.45) is 0.